The van der Waals surface area contributed by atoms with Gasteiger partial charge < -0.3 is 20.1 Å². The van der Waals surface area contributed by atoms with Crippen LogP contribution in [0.1, 0.15) is 32.0 Å². The Morgan fingerprint density at radius 1 is 0.839 bits per heavy atom. The summed E-state index contributed by atoms with van der Waals surface area (Å²) in [7, 11) is 3.94. The number of hydrogen-bond donors (Lipinski definition) is 2. The van der Waals surface area contributed by atoms with Crippen molar-refractivity contribution in [2.75, 3.05) is 27.2 Å². The summed E-state index contributed by atoms with van der Waals surface area (Å²) >= 11 is 0. The average molecular weight is 419 g/mol. The number of benzene rings is 2. The first-order chi connectivity index (χ1) is 15.0. The third kappa shape index (κ3) is 6.83. The van der Waals surface area contributed by atoms with E-state index in [9.17, 15) is 9.59 Å². The zero-order valence-electron chi connectivity index (χ0n) is 18.2. The monoisotopic (exact) mass is 418 g/mol. The maximum absolute atomic E-state index is 12.7. The van der Waals surface area contributed by atoms with Crippen LogP contribution in [0.25, 0.3) is 0 Å². The third-order valence-electron chi connectivity index (χ3n) is 5.06. The molecule has 0 fully saturated rings. The molecule has 1 aromatic heterocycles. The molecule has 0 unspecified atom stereocenters. The van der Waals surface area contributed by atoms with Crippen LogP contribution in [0.15, 0.2) is 72.9 Å². The number of hydrogen-bond acceptors (Lipinski definition) is 3. The molecule has 31 heavy (non-hydrogen) atoms. The Morgan fingerprint density at radius 2 is 1.58 bits per heavy atom. The first kappa shape index (κ1) is 22.3. The zero-order valence-corrected chi connectivity index (χ0v) is 18.2. The minimum atomic E-state index is -0.108. The van der Waals surface area contributed by atoms with Crippen LogP contribution in [-0.2, 0) is 19.5 Å². The number of carbonyl (C=O) groups excluding carboxylic acids is 2. The number of amides is 2. The number of aromatic nitrogens is 1. The predicted octanol–water partition coefficient (Wildman–Crippen LogP) is 2.95. The molecule has 162 valence electrons. The summed E-state index contributed by atoms with van der Waals surface area (Å²) in [4.78, 5) is 26.8. The van der Waals surface area contributed by atoms with Crippen LogP contribution in [0, 0.1) is 0 Å². The van der Waals surface area contributed by atoms with Crippen LogP contribution in [0.2, 0.25) is 0 Å². The highest BCUT2D eigenvalue weighted by atomic mass is 16.2. The Bertz CT molecular complexity index is 978. The van der Waals surface area contributed by atoms with E-state index < -0.39 is 0 Å². The standard InChI is InChI=1S/C25H30N4O2/c1-28(2)18-15-26-24(30)22-12-10-21(11-13-22)19-27-25(31)23-9-6-16-29(23)17-14-20-7-4-3-5-8-20/h3-13,16H,14-15,17-19H2,1-2H3,(H,26,30)(H,27,31). The van der Waals surface area contributed by atoms with E-state index in [4.69, 9.17) is 0 Å². The van der Waals surface area contributed by atoms with E-state index in [2.05, 4.69) is 22.8 Å². The van der Waals surface area contributed by atoms with Gasteiger partial charge in [0, 0.05) is 37.9 Å². The fraction of sp³-hybridized carbons (Fsp3) is 0.280. The summed E-state index contributed by atoms with van der Waals surface area (Å²) in [6, 6.07) is 21.3. The van der Waals surface area contributed by atoms with Crippen LogP contribution in [-0.4, -0.2) is 48.5 Å². The number of carbonyl (C=O) groups is 2. The van der Waals surface area contributed by atoms with Gasteiger partial charge in [0.1, 0.15) is 5.69 Å². The van der Waals surface area contributed by atoms with Gasteiger partial charge in [0.2, 0.25) is 0 Å². The molecule has 6 heteroatoms. The van der Waals surface area contributed by atoms with Crippen molar-refractivity contribution in [2.45, 2.75) is 19.5 Å². The van der Waals surface area contributed by atoms with Crippen molar-refractivity contribution in [1.29, 1.82) is 0 Å². The van der Waals surface area contributed by atoms with E-state index in [1.54, 1.807) is 12.1 Å². The fourth-order valence-corrected chi connectivity index (χ4v) is 3.25. The summed E-state index contributed by atoms with van der Waals surface area (Å²) in [6.45, 7) is 2.55. The molecule has 2 aromatic carbocycles. The molecule has 2 N–H and O–H groups in total. The second-order valence-corrected chi connectivity index (χ2v) is 7.76. The molecule has 0 saturated heterocycles. The van der Waals surface area contributed by atoms with Gasteiger partial charge in [-0.25, -0.2) is 0 Å². The average Bonchev–Trinajstić information content (AvgIpc) is 3.25. The lowest BCUT2D eigenvalue weighted by Crippen LogP contribution is -2.31. The number of likely N-dealkylation sites (N-methyl/N-ethyl adjacent to an activating group) is 1. The maximum atomic E-state index is 12.7. The van der Waals surface area contributed by atoms with Gasteiger partial charge in [-0.05, 0) is 55.9 Å². The normalized spacial score (nSPS) is 10.8. The Labute approximate surface area is 183 Å². The summed E-state index contributed by atoms with van der Waals surface area (Å²) in [5.41, 5.74) is 3.45. The van der Waals surface area contributed by atoms with Gasteiger partial charge >= 0.3 is 0 Å². The van der Waals surface area contributed by atoms with Crippen LogP contribution >= 0.6 is 0 Å². The van der Waals surface area contributed by atoms with Crippen molar-refractivity contribution >= 4 is 11.8 Å². The second-order valence-electron chi connectivity index (χ2n) is 7.76. The van der Waals surface area contributed by atoms with E-state index >= 15 is 0 Å². The number of aryl methyl sites for hydroxylation is 2. The largest absolute Gasteiger partial charge is 0.351 e. The minimum Gasteiger partial charge on any atom is -0.351 e. The SMILES string of the molecule is CN(C)CCNC(=O)c1ccc(CNC(=O)c2cccn2CCc2ccccc2)cc1. The van der Waals surface area contributed by atoms with Crippen LogP contribution in [0.5, 0.6) is 0 Å². The molecule has 0 bridgehead atoms. The summed E-state index contributed by atoms with van der Waals surface area (Å²) in [5.74, 6) is -0.197. The summed E-state index contributed by atoms with van der Waals surface area (Å²) in [5, 5.41) is 5.86. The highest BCUT2D eigenvalue weighted by Crippen LogP contribution is 2.08. The quantitative estimate of drug-likeness (QED) is 0.532. The Kier molecular flexibility index (Phi) is 8.01. The molecule has 6 nitrogen and oxygen atoms in total. The lowest BCUT2D eigenvalue weighted by atomic mass is 10.1. The molecule has 0 radical (unpaired) electrons. The van der Waals surface area contributed by atoms with Crippen molar-refractivity contribution in [3.8, 4) is 0 Å². The van der Waals surface area contributed by atoms with E-state index in [0.29, 0.717) is 24.3 Å². The molecular weight excluding hydrogens is 388 g/mol. The van der Waals surface area contributed by atoms with Crippen LogP contribution in [0.3, 0.4) is 0 Å². The Balaban J connectivity index is 1.50. The van der Waals surface area contributed by atoms with E-state index in [1.165, 1.54) is 5.56 Å². The molecule has 0 saturated carbocycles. The van der Waals surface area contributed by atoms with Crippen molar-refractivity contribution < 1.29 is 9.59 Å². The first-order valence-corrected chi connectivity index (χ1v) is 10.5. The number of nitrogens with zero attached hydrogens (tertiary/aromatic N) is 2. The van der Waals surface area contributed by atoms with Gasteiger partial charge in [-0.2, -0.15) is 0 Å². The molecule has 0 aliphatic heterocycles. The molecule has 0 spiro atoms. The smallest absolute Gasteiger partial charge is 0.268 e. The summed E-state index contributed by atoms with van der Waals surface area (Å²) < 4.78 is 1.98. The number of rotatable bonds is 10. The first-order valence-electron chi connectivity index (χ1n) is 10.5. The topological polar surface area (TPSA) is 66.4 Å². The van der Waals surface area contributed by atoms with Crippen molar-refractivity contribution in [3.63, 3.8) is 0 Å². The van der Waals surface area contributed by atoms with Crippen LogP contribution in [0.4, 0.5) is 0 Å². The van der Waals surface area contributed by atoms with E-state index in [1.807, 2.05) is 72.2 Å². The highest BCUT2D eigenvalue weighted by molar-refractivity contribution is 5.94. The van der Waals surface area contributed by atoms with Gasteiger partial charge in [0.05, 0.1) is 0 Å². The zero-order chi connectivity index (χ0) is 22.1. The molecule has 3 aromatic rings. The van der Waals surface area contributed by atoms with Gasteiger partial charge in [0.25, 0.3) is 11.8 Å². The Hall–Kier alpha value is -3.38. The van der Waals surface area contributed by atoms with Crippen molar-refractivity contribution in [1.82, 2.24) is 20.1 Å². The molecular formula is C25H30N4O2. The Morgan fingerprint density at radius 3 is 2.29 bits per heavy atom. The predicted molar refractivity (Wildman–Crippen MR) is 123 cm³/mol. The van der Waals surface area contributed by atoms with Gasteiger partial charge in [-0.15, -0.1) is 0 Å². The molecule has 1 heterocycles. The van der Waals surface area contributed by atoms with E-state index in [-0.39, 0.29) is 11.8 Å². The molecule has 3 rings (SSSR count). The minimum absolute atomic E-state index is 0.0892. The molecule has 2 amide bonds. The number of nitrogens with one attached hydrogen (secondary N) is 2. The molecule has 0 aliphatic carbocycles. The maximum Gasteiger partial charge on any atom is 0.268 e. The summed E-state index contributed by atoms with van der Waals surface area (Å²) in [6.07, 6.45) is 2.80. The highest BCUT2D eigenvalue weighted by Gasteiger charge is 2.11. The van der Waals surface area contributed by atoms with Crippen molar-refractivity contribution in [2.24, 2.45) is 0 Å². The van der Waals surface area contributed by atoms with Gasteiger partial charge in [-0.1, -0.05) is 42.5 Å². The van der Waals surface area contributed by atoms with Gasteiger partial charge in [-0.3, -0.25) is 9.59 Å². The lowest BCUT2D eigenvalue weighted by molar-refractivity contribution is 0.0936. The molecule has 0 aliphatic rings. The van der Waals surface area contributed by atoms with Gasteiger partial charge in [0.15, 0.2) is 0 Å². The lowest BCUT2D eigenvalue weighted by Gasteiger charge is -2.11. The second kappa shape index (κ2) is 11.1. The van der Waals surface area contributed by atoms with E-state index in [0.717, 1.165) is 25.1 Å². The van der Waals surface area contributed by atoms with Crippen LogP contribution < -0.4 is 10.6 Å². The fourth-order valence-electron chi connectivity index (χ4n) is 3.25. The third-order valence-corrected chi connectivity index (χ3v) is 5.06. The van der Waals surface area contributed by atoms with Crippen molar-refractivity contribution in [3.05, 3.63) is 95.3 Å². The molecule has 0 atom stereocenters.